The van der Waals surface area contributed by atoms with Gasteiger partial charge in [0.2, 0.25) is 10.0 Å². The molecule has 0 bridgehead atoms. The monoisotopic (exact) mass is 356 g/mol. The Balaban J connectivity index is 2.40. The fourth-order valence-corrected chi connectivity index (χ4v) is 3.66. The lowest BCUT2D eigenvalue weighted by Crippen LogP contribution is -2.41. The molecule has 1 heterocycles. The normalized spacial score (nSPS) is 13.5. The van der Waals surface area contributed by atoms with Crippen molar-refractivity contribution in [2.75, 3.05) is 0 Å². The van der Waals surface area contributed by atoms with Crippen molar-refractivity contribution < 1.29 is 22.7 Å². The number of benzene rings is 1. The lowest BCUT2D eigenvalue weighted by Gasteiger charge is -2.16. The molecule has 1 atom stereocenters. The number of nitrogens with one attached hydrogen (secondary N) is 1. The SMILES string of the molecule is CCn1c(=O)oc2cc(S(=O)(=O)N[C@@H](CC(C)C)C(=O)O)ccc21. The van der Waals surface area contributed by atoms with Gasteiger partial charge in [-0.15, -0.1) is 0 Å². The van der Waals surface area contributed by atoms with Crippen molar-refractivity contribution in [2.45, 2.75) is 44.7 Å². The van der Waals surface area contributed by atoms with E-state index in [1.807, 2.05) is 0 Å². The molecule has 132 valence electrons. The molecule has 24 heavy (non-hydrogen) atoms. The van der Waals surface area contributed by atoms with E-state index in [-0.39, 0.29) is 22.8 Å². The van der Waals surface area contributed by atoms with E-state index in [4.69, 9.17) is 4.42 Å². The number of oxazole rings is 1. The Kier molecular flexibility index (Phi) is 5.14. The molecule has 0 fully saturated rings. The lowest BCUT2D eigenvalue weighted by atomic mass is 10.1. The van der Waals surface area contributed by atoms with Gasteiger partial charge >= 0.3 is 11.7 Å². The second-order valence-corrected chi connectivity index (χ2v) is 7.60. The first kappa shape index (κ1) is 18.2. The van der Waals surface area contributed by atoms with E-state index < -0.39 is 27.8 Å². The van der Waals surface area contributed by atoms with Crippen LogP contribution in [-0.4, -0.2) is 30.1 Å². The van der Waals surface area contributed by atoms with E-state index in [9.17, 15) is 23.1 Å². The molecule has 0 aliphatic heterocycles. The maximum absolute atomic E-state index is 12.4. The molecule has 8 nitrogen and oxygen atoms in total. The minimum Gasteiger partial charge on any atom is -0.480 e. The summed E-state index contributed by atoms with van der Waals surface area (Å²) in [7, 11) is -4.05. The fraction of sp³-hybridized carbons (Fsp3) is 0.467. The van der Waals surface area contributed by atoms with Crippen LogP contribution in [0.4, 0.5) is 0 Å². The minimum atomic E-state index is -4.05. The third-order valence-electron chi connectivity index (χ3n) is 3.57. The van der Waals surface area contributed by atoms with Crippen LogP contribution in [0.5, 0.6) is 0 Å². The number of carboxylic acid groups (broad SMARTS) is 1. The molecule has 0 saturated heterocycles. The van der Waals surface area contributed by atoms with Crippen molar-refractivity contribution in [3.63, 3.8) is 0 Å². The molecule has 0 saturated carbocycles. The van der Waals surface area contributed by atoms with Crippen LogP contribution >= 0.6 is 0 Å². The predicted octanol–water partition coefficient (Wildman–Crippen LogP) is 1.39. The minimum absolute atomic E-state index is 0.00730. The predicted molar refractivity (Wildman–Crippen MR) is 87.3 cm³/mol. The molecule has 2 N–H and O–H groups in total. The molecule has 0 spiro atoms. The zero-order chi connectivity index (χ0) is 18.1. The second kappa shape index (κ2) is 6.78. The van der Waals surface area contributed by atoms with Gasteiger partial charge in [-0.25, -0.2) is 13.2 Å². The van der Waals surface area contributed by atoms with Crippen LogP contribution in [0.2, 0.25) is 0 Å². The van der Waals surface area contributed by atoms with E-state index >= 15 is 0 Å². The van der Waals surface area contributed by atoms with Crippen LogP contribution in [0.25, 0.3) is 11.1 Å². The first-order valence-corrected chi connectivity index (χ1v) is 9.02. The highest BCUT2D eigenvalue weighted by molar-refractivity contribution is 7.89. The molecule has 0 aliphatic rings. The third-order valence-corrected chi connectivity index (χ3v) is 5.04. The standard InChI is InChI=1S/C15H20N2O6S/c1-4-17-12-6-5-10(8-13(12)23-15(17)20)24(21,22)16-11(14(18)19)7-9(2)3/h5-6,8-9,11,16H,4,7H2,1-3H3,(H,18,19)/t11-/m0/s1. The van der Waals surface area contributed by atoms with E-state index in [0.29, 0.717) is 12.1 Å². The van der Waals surface area contributed by atoms with Crippen LogP contribution in [-0.2, 0) is 21.4 Å². The van der Waals surface area contributed by atoms with Crippen LogP contribution in [0.15, 0.2) is 32.3 Å². The fourth-order valence-electron chi connectivity index (χ4n) is 2.44. The quantitative estimate of drug-likeness (QED) is 0.774. The number of fused-ring (bicyclic) bond motifs is 1. The number of aliphatic carboxylic acids is 1. The molecule has 0 radical (unpaired) electrons. The van der Waals surface area contributed by atoms with E-state index in [0.717, 1.165) is 0 Å². The maximum Gasteiger partial charge on any atom is 0.419 e. The average Bonchev–Trinajstić information content (AvgIpc) is 2.79. The Morgan fingerprint density at radius 1 is 1.38 bits per heavy atom. The van der Waals surface area contributed by atoms with E-state index in [1.54, 1.807) is 20.8 Å². The van der Waals surface area contributed by atoms with E-state index in [2.05, 4.69) is 4.72 Å². The summed E-state index contributed by atoms with van der Waals surface area (Å²) in [5.74, 6) is -1.80. The Bertz CT molecular complexity index is 910. The number of carbonyl (C=O) groups is 1. The van der Waals surface area contributed by atoms with Gasteiger partial charge in [-0.1, -0.05) is 13.8 Å². The van der Waals surface area contributed by atoms with Gasteiger partial charge in [-0.2, -0.15) is 4.72 Å². The molecule has 1 aromatic heterocycles. The van der Waals surface area contributed by atoms with Gasteiger partial charge in [0.1, 0.15) is 6.04 Å². The van der Waals surface area contributed by atoms with Crippen molar-refractivity contribution in [3.8, 4) is 0 Å². The highest BCUT2D eigenvalue weighted by Crippen LogP contribution is 2.19. The zero-order valence-electron chi connectivity index (χ0n) is 13.6. The summed E-state index contributed by atoms with van der Waals surface area (Å²) in [6, 6.07) is 2.79. The van der Waals surface area contributed by atoms with Gasteiger partial charge < -0.3 is 9.52 Å². The van der Waals surface area contributed by atoms with Crippen LogP contribution in [0.3, 0.4) is 0 Å². The summed E-state index contributed by atoms with van der Waals surface area (Å²) in [5, 5.41) is 9.19. The molecule has 0 aliphatic carbocycles. The number of rotatable bonds is 7. The van der Waals surface area contributed by atoms with Crippen molar-refractivity contribution in [3.05, 3.63) is 28.7 Å². The van der Waals surface area contributed by atoms with Gasteiger partial charge in [-0.05, 0) is 31.4 Å². The Morgan fingerprint density at radius 3 is 2.58 bits per heavy atom. The van der Waals surface area contributed by atoms with Crippen molar-refractivity contribution in [1.29, 1.82) is 0 Å². The Morgan fingerprint density at radius 2 is 2.04 bits per heavy atom. The number of carboxylic acids is 1. The van der Waals surface area contributed by atoms with Gasteiger partial charge in [0, 0.05) is 12.6 Å². The van der Waals surface area contributed by atoms with Gasteiger partial charge in [0.25, 0.3) is 0 Å². The van der Waals surface area contributed by atoms with Crippen LogP contribution < -0.4 is 10.5 Å². The summed E-state index contributed by atoms with van der Waals surface area (Å²) in [6.07, 6.45) is 0.165. The van der Waals surface area contributed by atoms with Crippen molar-refractivity contribution >= 4 is 27.1 Å². The summed E-state index contributed by atoms with van der Waals surface area (Å²) in [4.78, 5) is 22.8. The Labute approximate surface area is 139 Å². The molecule has 2 aromatic rings. The topological polar surface area (TPSA) is 119 Å². The third kappa shape index (κ3) is 3.68. The smallest absolute Gasteiger partial charge is 0.419 e. The first-order valence-electron chi connectivity index (χ1n) is 7.54. The molecular formula is C15H20N2O6S. The highest BCUT2D eigenvalue weighted by Gasteiger charge is 2.26. The first-order chi connectivity index (χ1) is 11.2. The maximum atomic E-state index is 12.4. The molecular weight excluding hydrogens is 336 g/mol. The number of nitrogens with zero attached hydrogens (tertiary/aromatic N) is 1. The summed E-state index contributed by atoms with van der Waals surface area (Å²) in [6.45, 7) is 5.77. The number of sulfonamides is 1. The van der Waals surface area contributed by atoms with Gasteiger partial charge in [-0.3, -0.25) is 9.36 Å². The molecule has 0 unspecified atom stereocenters. The zero-order valence-corrected chi connectivity index (χ0v) is 14.5. The summed E-state index contributed by atoms with van der Waals surface area (Å²) < 4.78 is 33.5. The number of hydrogen-bond acceptors (Lipinski definition) is 5. The van der Waals surface area contributed by atoms with Crippen LogP contribution in [0, 0.1) is 5.92 Å². The number of hydrogen-bond donors (Lipinski definition) is 2. The van der Waals surface area contributed by atoms with Crippen LogP contribution in [0.1, 0.15) is 27.2 Å². The summed E-state index contributed by atoms with van der Waals surface area (Å²) >= 11 is 0. The lowest BCUT2D eigenvalue weighted by molar-refractivity contribution is -0.139. The second-order valence-electron chi connectivity index (χ2n) is 5.88. The van der Waals surface area contributed by atoms with Gasteiger partial charge in [0.15, 0.2) is 5.58 Å². The number of aromatic nitrogens is 1. The van der Waals surface area contributed by atoms with Gasteiger partial charge in [0.05, 0.1) is 10.4 Å². The molecule has 9 heteroatoms. The van der Waals surface area contributed by atoms with E-state index in [1.165, 1.54) is 22.8 Å². The molecule has 2 rings (SSSR count). The van der Waals surface area contributed by atoms with Crippen molar-refractivity contribution in [1.82, 2.24) is 9.29 Å². The molecule has 0 amide bonds. The Hall–Kier alpha value is -2.13. The van der Waals surface area contributed by atoms with Crippen molar-refractivity contribution in [2.24, 2.45) is 5.92 Å². The largest absolute Gasteiger partial charge is 0.480 e. The summed E-state index contributed by atoms with van der Waals surface area (Å²) in [5.41, 5.74) is 0.624. The highest BCUT2D eigenvalue weighted by atomic mass is 32.2. The number of aryl methyl sites for hydroxylation is 1. The average molecular weight is 356 g/mol. The molecule has 1 aromatic carbocycles.